The summed E-state index contributed by atoms with van der Waals surface area (Å²) in [5, 5.41) is 8.65. The fourth-order valence-electron chi connectivity index (χ4n) is 1.56. The second kappa shape index (κ2) is 8.96. The minimum absolute atomic E-state index is 0.0977. The number of methoxy groups -OCH3 is 2. The first kappa shape index (κ1) is 17.9. The van der Waals surface area contributed by atoms with Crippen LogP contribution < -0.4 is 9.46 Å². The molecule has 0 saturated heterocycles. The molecule has 1 atom stereocenters. The summed E-state index contributed by atoms with van der Waals surface area (Å²) in [7, 11) is -0.601. The zero-order valence-corrected chi connectivity index (χ0v) is 12.9. The van der Waals surface area contributed by atoms with Gasteiger partial charge in [0.05, 0.1) is 24.2 Å². The average molecular weight is 319 g/mol. The molecule has 21 heavy (non-hydrogen) atoms. The molecule has 0 spiro atoms. The lowest BCUT2D eigenvalue weighted by Gasteiger charge is -2.15. The maximum atomic E-state index is 12.1. The topological polar surface area (TPSA) is 94.1 Å². The van der Waals surface area contributed by atoms with E-state index in [-0.39, 0.29) is 30.8 Å². The van der Waals surface area contributed by atoms with Crippen LogP contribution in [0.4, 0.5) is 0 Å². The van der Waals surface area contributed by atoms with Gasteiger partial charge in [0, 0.05) is 20.8 Å². The number of sulfonamides is 1. The molecule has 0 fully saturated rings. The van der Waals surface area contributed by atoms with E-state index in [1.165, 1.54) is 38.5 Å². The van der Waals surface area contributed by atoms with Crippen molar-refractivity contribution < 1.29 is 27.7 Å². The molecule has 0 heterocycles. The number of benzene rings is 1. The molecule has 1 rings (SSSR count). The normalized spacial score (nSPS) is 13.1. The van der Waals surface area contributed by atoms with Crippen molar-refractivity contribution in [2.45, 2.75) is 11.0 Å². The molecule has 0 saturated carbocycles. The van der Waals surface area contributed by atoms with E-state index in [4.69, 9.17) is 19.3 Å². The third-order valence-corrected chi connectivity index (χ3v) is 4.12. The van der Waals surface area contributed by atoms with Crippen molar-refractivity contribution in [3.8, 4) is 5.75 Å². The largest absolute Gasteiger partial charge is 0.491 e. The van der Waals surface area contributed by atoms with E-state index in [2.05, 4.69) is 4.72 Å². The van der Waals surface area contributed by atoms with Gasteiger partial charge in [0.1, 0.15) is 12.4 Å². The van der Waals surface area contributed by atoms with Gasteiger partial charge in [0.15, 0.2) is 0 Å². The molecule has 8 heteroatoms. The predicted octanol–water partition coefficient (Wildman–Crippen LogP) is -0.00260. The molecule has 2 N–H and O–H groups in total. The Bertz CT molecular complexity index is 502. The number of hydrogen-bond donors (Lipinski definition) is 2. The van der Waals surface area contributed by atoms with Gasteiger partial charge in [-0.3, -0.25) is 0 Å². The quantitative estimate of drug-likeness (QED) is 0.630. The van der Waals surface area contributed by atoms with Gasteiger partial charge in [-0.25, -0.2) is 13.1 Å². The summed E-state index contributed by atoms with van der Waals surface area (Å²) in [5.41, 5.74) is 0. The summed E-state index contributed by atoms with van der Waals surface area (Å²) < 4.78 is 41.8. The van der Waals surface area contributed by atoms with Crippen LogP contribution in [0.1, 0.15) is 0 Å². The highest BCUT2D eigenvalue weighted by Gasteiger charge is 2.16. The summed E-state index contributed by atoms with van der Waals surface area (Å²) >= 11 is 0. The van der Waals surface area contributed by atoms with Crippen molar-refractivity contribution in [3.05, 3.63) is 24.3 Å². The molecule has 1 aromatic carbocycles. The van der Waals surface area contributed by atoms with Gasteiger partial charge < -0.3 is 19.3 Å². The zero-order chi connectivity index (χ0) is 15.7. The maximum Gasteiger partial charge on any atom is 0.240 e. The van der Waals surface area contributed by atoms with Crippen molar-refractivity contribution in [1.29, 1.82) is 0 Å². The summed E-state index contributed by atoms with van der Waals surface area (Å²) in [5.74, 6) is 0.497. The van der Waals surface area contributed by atoms with Crippen LogP contribution in [0.3, 0.4) is 0 Å². The Kier molecular flexibility index (Phi) is 7.62. The van der Waals surface area contributed by atoms with Crippen molar-refractivity contribution in [2.24, 2.45) is 0 Å². The third-order valence-electron chi connectivity index (χ3n) is 2.68. The number of ether oxygens (including phenoxy) is 3. The van der Waals surface area contributed by atoms with Gasteiger partial charge in [-0.1, -0.05) is 0 Å². The molecule has 0 amide bonds. The van der Waals surface area contributed by atoms with Crippen LogP contribution in [-0.4, -0.2) is 60.2 Å². The van der Waals surface area contributed by atoms with E-state index < -0.39 is 10.0 Å². The molecule has 7 nitrogen and oxygen atoms in total. The molecular weight excluding hydrogens is 298 g/mol. The lowest BCUT2D eigenvalue weighted by Crippen LogP contribution is -2.35. The van der Waals surface area contributed by atoms with Crippen molar-refractivity contribution in [2.75, 3.05) is 40.6 Å². The highest BCUT2D eigenvalue weighted by Crippen LogP contribution is 2.15. The predicted molar refractivity (Wildman–Crippen MR) is 76.9 cm³/mol. The summed E-state index contributed by atoms with van der Waals surface area (Å²) in [6.45, 7) is 0.485. The summed E-state index contributed by atoms with van der Waals surface area (Å²) in [6, 6.07) is 5.95. The molecular formula is C13H21NO6S. The molecule has 1 unspecified atom stereocenters. The van der Waals surface area contributed by atoms with E-state index in [1.807, 2.05) is 0 Å². The number of aliphatic hydroxyl groups is 1. The Morgan fingerprint density at radius 2 is 1.90 bits per heavy atom. The first-order valence-electron chi connectivity index (χ1n) is 6.38. The second-order valence-corrected chi connectivity index (χ2v) is 5.98. The van der Waals surface area contributed by atoms with Crippen LogP contribution in [-0.2, 0) is 19.5 Å². The number of aliphatic hydroxyl groups excluding tert-OH is 1. The highest BCUT2D eigenvalue weighted by molar-refractivity contribution is 7.89. The van der Waals surface area contributed by atoms with E-state index in [0.29, 0.717) is 12.4 Å². The standard InChI is InChI=1S/C13H21NO6S/c1-18-10-12(19-2)9-14-21(16,17)13-5-3-11(4-6-13)20-8-7-15/h3-6,12,14-15H,7-10H2,1-2H3. The molecule has 0 aliphatic carbocycles. The lowest BCUT2D eigenvalue weighted by atomic mass is 10.3. The smallest absolute Gasteiger partial charge is 0.240 e. The van der Waals surface area contributed by atoms with Crippen LogP contribution >= 0.6 is 0 Å². The fraction of sp³-hybridized carbons (Fsp3) is 0.538. The Labute approximate surface area is 124 Å². The summed E-state index contributed by atoms with van der Waals surface area (Å²) in [4.78, 5) is 0.131. The summed E-state index contributed by atoms with van der Waals surface area (Å²) in [6.07, 6.45) is -0.350. The number of hydrogen-bond acceptors (Lipinski definition) is 6. The molecule has 0 bridgehead atoms. The van der Waals surface area contributed by atoms with Crippen LogP contribution in [0.25, 0.3) is 0 Å². The minimum atomic E-state index is -3.61. The molecule has 0 aliphatic heterocycles. The molecule has 0 radical (unpaired) electrons. The van der Waals surface area contributed by atoms with Crippen LogP contribution in [0.5, 0.6) is 5.75 Å². The van der Waals surface area contributed by atoms with Crippen molar-refractivity contribution >= 4 is 10.0 Å². The number of nitrogens with one attached hydrogen (secondary N) is 1. The van der Waals surface area contributed by atoms with Gasteiger partial charge in [-0.15, -0.1) is 0 Å². The SMILES string of the molecule is COCC(CNS(=O)(=O)c1ccc(OCCO)cc1)OC. The first-order valence-corrected chi connectivity index (χ1v) is 7.87. The van der Waals surface area contributed by atoms with E-state index in [0.717, 1.165) is 0 Å². The number of rotatable bonds is 10. The van der Waals surface area contributed by atoms with Gasteiger partial charge in [-0.05, 0) is 24.3 Å². The molecule has 0 aromatic heterocycles. The van der Waals surface area contributed by atoms with E-state index in [1.54, 1.807) is 0 Å². The van der Waals surface area contributed by atoms with Gasteiger partial charge in [0.2, 0.25) is 10.0 Å². The lowest BCUT2D eigenvalue weighted by molar-refractivity contribution is 0.0320. The monoisotopic (exact) mass is 319 g/mol. The first-order chi connectivity index (χ1) is 10.0. The molecule has 1 aromatic rings. The van der Waals surface area contributed by atoms with Crippen LogP contribution in [0.15, 0.2) is 29.2 Å². The van der Waals surface area contributed by atoms with Crippen LogP contribution in [0, 0.1) is 0 Å². The minimum Gasteiger partial charge on any atom is -0.491 e. The highest BCUT2D eigenvalue weighted by atomic mass is 32.2. The maximum absolute atomic E-state index is 12.1. The third kappa shape index (κ3) is 5.98. The van der Waals surface area contributed by atoms with Crippen LogP contribution in [0.2, 0.25) is 0 Å². The zero-order valence-electron chi connectivity index (χ0n) is 12.1. The average Bonchev–Trinajstić information content (AvgIpc) is 2.49. The van der Waals surface area contributed by atoms with Gasteiger partial charge in [0.25, 0.3) is 0 Å². The van der Waals surface area contributed by atoms with Gasteiger partial charge in [-0.2, -0.15) is 0 Å². The Morgan fingerprint density at radius 3 is 2.43 bits per heavy atom. The van der Waals surface area contributed by atoms with E-state index >= 15 is 0 Å². The Morgan fingerprint density at radius 1 is 1.24 bits per heavy atom. The Balaban J connectivity index is 2.65. The Hall–Kier alpha value is -1.19. The van der Waals surface area contributed by atoms with E-state index in [9.17, 15) is 8.42 Å². The fourth-order valence-corrected chi connectivity index (χ4v) is 2.63. The molecule has 0 aliphatic rings. The second-order valence-electron chi connectivity index (χ2n) is 4.21. The van der Waals surface area contributed by atoms with Crippen molar-refractivity contribution in [3.63, 3.8) is 0 Å². The van der Waals surface area contributed by atoms with Gasteiger partial charge >= 0.3 is 0 Å². The van der Waals surface area contributed by atoms with Crippen molar-refractivity contribution in [1.82, 2.24) is 4.72 Å². The molecule has 120 valence electrons.